The molecule has 2 aromatic carbocycles. The van der Waals surface area contributed by atoms with Gasteiger partial charge < -0.3 is 19.9 Å². The fourth-order valence-electron chi connectivity index (χ4n) is 2.74. The van der Waals surface area contributed by atoms with Crippen LogP contribution in [0.2, 0.25) is 5.02 Å². The fourth-order valence-corrected chi connectivity index (χ4v) is 3.94. The molecule has 1 amide bonds. The van der Waals surface area contributed by atoms with Crippen LogP contribution < -0.4 is 10.1 Å². The van der Waals surface area contributed by atoms with E-state index in [-0.39, 0.29) is 13.2 Å². The van der Waals surface area contributed by atoms with Crippen LogP contribution >= 0.6 is 23.4 Å². The van der Waals surface area contributed by atoms with E-state index < -0.39 is 11.6 Å². The van der Waals surface area contributed by atoms with Crippen molar-refractivity contribution in [2.75, 3.05) is 20.3 Å². The third-order valence-electron chi connectivity index (χ3n) is 4.34. The highest BCUT2D eigenvalue weighted by atomic mass is 35.5. The number of cyclic esters (lactones) is 1. The summed E-state index contributed by atoms with van der Waals surface area (Å²) in [6.07, 6.45) is 0.701. The van der Waals surface area contributed by atoms with Crippen LogP contribution in [-0.4, -0.2) is 37.1 Å². The van der Waals surface area contributed by atoms with Gasteiger partial charge in [0.1, 0.15) is 17.9 Å². The van der Waals surface area contributed by atoms with E-state index in [1.54, 1.807) is 18.9 Å². The quantitative estimate of drug-likeness (QED) is 0.746. The van der Waals surface area contributed by atoms with Gasteiger partial charge in [-0.3, -0.25) is 0 Å². The van der Waals surface area contributed by atoms with Gasteiger partial charge in [-0.15, -0.1) is 0 Å². The molecule has 138 valence electrons. The number of aliphatic hydroxyl groups is 1. The molecule has 1 aliphatic heterocycles. The van der Waals surface area contributed by atoms with Gasteiger partial charge in [0.2, 0.25) is 0 Å². The van der Waals surface area contributed by atoms with Gasteiger partial charge in [-0.05, 0) is 54.8 Å². The molecule has 3 rings (SSSR count). The minimum atomic E-state index is -0.725. The monoisotopic (exact) mass is 393 g/mol. The van der Waals surface area contributed by atoms with Crippen molar-refractivity contribution in [1.29, 1.82) is 0 Å². The number of ether oxygens (including phenoxy) is 2. The predicted octanol–water partition coefficient (Wildman–Crippen LogP) is 3.90. The van der Waals surface area contributed by atoms with E-state index in [2.05, 4.69) is 5.32 Å². The highest BCUT2D eigenvalue weighted by Gasteiger charge is 2.38. The van der Waals surface area contributed by atoms with Gasteiger partial charge >= 0.3 is 6.09 Å². The molecule has 1 unspecified atom stereocenters. The van der Waals surface area contributed by atoms with Crippen molar-refractivity contribution in [3.63, 3.8) is 0 Å². The summed E-state index contributed by atoms with van der Waals surface area (Å²) in [5, 5.41) is 12.9. The Morgan fingerprint density at radius 3 is 2.58 bits per heavy atom. The molecule has 0 aliphatic carbocycles. The van der Waals surface area contributed by atoms with E-state index in [0.717, 1.165) is 21.1 Å². The molecule has 1 fully saturated rings. The molecular formula is C19H20ClNO4S. The number of carbonyl (C=O) groups excluding carboxylic acids is 1. The van der Waals surface area contributed by atoms with Gasteiger partial charge in [0.05, 0.1) is 13.7 Å². The van der Waals surface area contributed by atoms with Gasteiger partial charge in [0.25, 0.3) is 0 Å². The lowest BCUT2D eigenvalue weighted by Crippen LogP contribution is -2.47. The van der Waals surface area contributed by atoms with Crippen LogP contribution in [-0.2, 0) is 11.2 Å². The number of carbonyl (C=O) groups is 1. The van der Waals surface area contributed by atoms with Crippen molar-refractivity contribution >= 4 is 29.5 Å². The van der Waals surface area contributed by atoms with Crippen LogP contribution in [0.5, 0.6) is 5.75 Å². The van der Waals surface area contributed by atoms with Gasteiger partial charge in [-0.25, -0.2) is 4.79 Å². The Hall–Kier alpha value is -1.89. The molecule has 1 heterocycles. The average Bonchev–Trinajstić information content (AvgIpc) is 3.03. The molecule has 0 saturated carbocycles. The molecule has 2 N–H and O–H groups in total. The first kappa shape index (κ1) is 18.9. The lowest BCUT2D eigenvalue weighted by Gasteiger charge is -2.23. The van der Waals surface area contributed by atoms with Crippen molar-refractivity contribution in [3.8, 4) is 5.75 Å². The minimum absolute atomic E-state index is 0.165. The second kappa shape index (κ2) is 8.20. The Bertz CT molecular complexity index is 784. The van der Waals surface area contributed by atoms with Crippen molar-refractivity contribution in [3.05, 3.63) is 53.1 Å². The Labute approximate surface area is 161 Å². The number of alkyl carbamates (subject to hydrolysis) is 1. The Kier molecular flexibility index (Phi) is 5.96. The van der Waals surface area contributed by atoms with Gasteiger partial charge in [0, 0.05) is 14.8 Å². The molecule has 0 bridgehead atoms. The molecule has 1 aliphatic rings. The SMILES string of the molecule is COc1ccc(Sc2ccc(CCC3(CO)COC(=O)N3)c(Cl)c2)cc1. The fraction of sp³-hybridized carbons (Fsp3) is 0.316. The number of methoxy groups -OCH3 is 1. The van der Waals surface area contributed by atoms with Crippen molar-refractivity contribution in [2.24, 2.45) is 0 Å². The lowest BCUT2D eigenvalue weighted by molar-refractivity contribution is 0.140. The highest BCUT2D eigenvalue weighted by molar-refractivity contribution is 7.99. The summed E-state index contributed by atoms with van der Waals surface area (Å²) in [6, 6.07) is 13.8. The summed E-state index contributed by atoms with van der Waals surface area (Å²) in [6.45, 7) is 0.00707. The molecule has 0 aromatic heterocycles. The number of aliphatic hydroxyl groups excluding tert-OH is 1. The lowest BCUT2D eigenvalue weighted by atomic mass is 9.93. The number of hydrogen-bond acceptors (Lipinski definition) is 5. The van der Waals surface area contributed by atoms with E-state index in [1.165, 1.54) is 0 Å². The number of nitrogens with one attached hydrogen (secondary N) is 1. The zero-order valence-electron chi connectivity index (χ0n) is 14.3. The van der Waals surface area contributed by atoms with Gasteiger partial charge in [-0.2, -0.15) is 0 Å². The molecule has 7 heteroatoms. The van der Waals surface area contributed by atoms with Crippen LogP contribution in [0.3, 0.4) is 0 Å². The van der Waals surface area contributed by atoms with Crippen molar-refractivity contribution in [2.45, 2.75) is 28.2 Å². The predicted molar refractivity (Wildman–Crippen MR) is 101 cm³/mol. The number of aryl methyl sites for hydroxylation is 1. The van der Waals surface area contributed by atoms with E-state index in [1.807, 2.05) is 42.5 Å². The summed E-state index contributed by atoms with van der Waals surface area (Å²) in [5.74, 6) is 0.823. The first-order valence-corrected chi connectivity index (χ1v) is 9.39. The number of amides is 1. The Balaban J connectivity index is 1.64. The number of benzene rings is 2. The molecule has 1 atom stereocenters. The molecule has 26 heavy (non-hydrogen) atoms. The Morgan fingerprint density at radius 1 is 1.27 bits per heavy atom. The number of rotatable bonds is 7. The molecule has 2 aromatic rings. The summed E-state index contributed by atoms with van der Waals surface area (Å²) >= 11 is 8.05. The van der Waals surface area contributed by atoms with Crippen molar-refractivity contribution < 1.29 is 19.4 Å². The van der Waals surface area contributed by atoms with Crippen LogP contribution in [0.1, 0.15) is 12.0 Å². The maximum Gasteiger partial charge on any atom is 0.407 e. The third-order valence-corrected chi connectivity index (χ3v) is 5.69. The molecule has 1 saturated heterocycles. The molecule has 5 nitrogen and oxygen atoms in total. The Morgan fingerprint density at radius 2 is 2.00 bits per heavy atom. The van der Waals surface area contributed by atoms with Crippen LogP contribution in [0.15, 0.2) is 52.3 Å². The highest BCUT2D eigenvalue weighted by Crippen LogP contribution is 2.32. The smallest absolute Gasteiger partial charge is 0.407 e. The number of halogens is 1. The van der Waals surface area contributed by atoms with Gasteiger partial charge in [-0.1, -0.05) is 29.4 Å². The maximum absolute atomic E-state index is 11.3. The van der Waals surface area contributed by atoms with Crippen molar-refractivity contribution in [1.82, 2.24) is 5.32 Å². The maximum atomic E-state index is 11.3. The second-order valence-corrected chi connectivity index (χ2v) is 7.72. The summed E-state index contributed by atoms with van der Waals surface area (Å²) in [5.41, 5.74) is 0.247. The normalized spacial score (nSPS) is 19.1. The third kappa shape index (κ3) is 4.44. The second-order valence-electron chi connectivity index (χ2n) is 6.17. The summed E-state index contributed by atoms with van der Waals surface area (Å²) in [4.78, 5) is 13.4. The number of hydrogen-bond donors (Lipinski definition) is 2. The minimum Gasteiger partial charge on any atom is -0.497 e. The summed E-state index contributed by atoms with van der Waals surface area (Å²) in [7, 11) is 1.64. The van der Waals surface area contributed by atoms with Crippen LogP contribution in [0.4, 0.5) is 4.79 Å². The van der Waals surface area contributed by atoms with E-state index in [0.29, 0.717) is 17.9 Å². The average molecular weight is 394 g/mol. The van der Waals surface area contributed by atoms with E-state index in [9.17, 15) is 9.90 Å². The van der Waals surface area contributed by atoms with E-state index >= 15 is 0 Å². The van der Waals surface area contributed by atoms with Crippen LogP contribution in [0, 0.1) is 0 Å². The first-order valence-electron chi connectivity index (χ1n) is 8.20. The van der Waals surface area contributed by atoms with Gasteiger partial charge in [0.15, 0.2) is 0 Å². The molecule has 0 radical (unpaired) electrons. The first-order chi connectivity index (χ1) is 12.5. The zero-order chi connectivity index (χ0) is 18.6. The summed E-state index contributed by atoms with van der Waals surface area (Å²) < 4.78 is 10.1. The topological polar surface area (TPSA) is 67.8 Å². The molecular weight excluding hydrogens is 374 g/mol. The standard InChI is InChI=1S/C19H20ClNO4S/c1-24-14-3-6-15(7-4-14)26-16-5-2-13(17(20)10-16)8-9-19(11-22)12-25-18(23)21-19/h2-7,10,22H,8-9,11-12H2,1H3,(H,21,23). The molecule has 0 spiro atoms. The largest absolute Gasteiger partial charge is 0.497 e. The zero-order valence-corrected chi connectivity index (χ0v) is 15.9. The van der Waals surface area contributed by atoms with E-state index in [4.69, 9.17) is 21.1 Å². The van der Waals surface area contributed by atoms with Crippen LogP contribution in [0.25, 0.3) is 0 Å².